The third kappa shape index (κ3) is 4.87. The van der Waals surface area contributed by atoms with Crippen LogP contribution >= 0.6 is 0 Å². The van der Waals surface area contributed by atoms with E-state index in [-0.39, 0.29) is 0 Å². The molecule has 1 saturated carbocycles. The lowest BCUT2D eigenvalue weighted by molar-refractivity contribution is 0.302. The first-order valence-electron chi connectivity index (χ1n) is 7.71. The smallest absolute Gasteiger partial charge is 0.120 e. The molecule has 19 heavy (non-hydrogen) atoms. The predicted octanol–water partition coefficient (Wildman–Crippen LogP) is 4.46. The molecule has 0 amide bonds. The lowest BCUT2D eigenvalue weighted by Crippen LogP contribution is -2.28. The maximum absolute atomic E-state index is 5.90. The van der Waals surface area contributed by atoms with Crippen molar-refractivity contribution in [3.05, 3.63) is 29.8 Å². The minimum atomic E-state index is 0.447. The van der Waals surface area contributed by atoms with Gasteiger partial charge in [0.05, 0.1) is 6.10 Å². The van der Waals surface area contributed by atoms with Crippen molar-refractivity contribution in [1.29, 1.82) is 0 Å². The van der Waals surface area contributed by atoms with Crippen LogP contribution in [0.2, 0.25) is 0 Å². The van der Waals surface area contributed by atoms with Crippen LogP contribution in [-0.4, -0.2) is 12.1 Å². The molecule has 2 heteroatoms. The average molecular weight is 261 g/mol. The Kier molecular flexibility index (Phi) is 5.26. The summed E-state index contributed by atoms with van der Waals surface area (Å²) >= 11 is 0. The van der Waals surface area contributed by atoms with E-state index in [1.54, 1.807) is 0 Å². The van der Waals surface area contributed by atoms with Crippen molar-refractivity contribution < 1.29 is 4.74 Å². The van der Waals surface area contributed by atoms with Crippen molar-refractivity contribution in [2.75, 3.05) is 0 Å². The van der Waals surface area contributed by atoms with E-state index in [1.165, 1.54) is 37.7 Å². The van der Waals surface area contributed by atoms with Crippen molar-refractivity contribution >= 4 is 0 Å². The van der Waals surface area contributed by atoms with Gasteiger partial charge in [0.25, 0.3) is 0 Å². The second kappa shape index (κ2) is 6.95. The average Bonchev–Trinajstić information content (AvgIpc) is 3.18. The van der Waals surface area contributed by atoms with Crippen LogP contribution in [0.5, 0.6) is 5.75 Å². The molecule has 0 heterocycles. The molecule has 2 nitrogen and oxygen atoms in total. The SMILES string of the molecule is CCCCC(NC(C)C)c1cccc(OC2CC2)c1. The lowest BCUT2D eigenvalue weighted by atomic mass is 10.00. The fourth-order valence-corrected chi connectivity index (χ4v) is 2.34. The molecular formula is C17H27NO. The second-order valence-electron chi connectivity index (χ2n) is 5.91. The van der Waals surface area contributed by atoms with Gasteiger partial charge in [0.15, 0.2) is 0 Å². The van der Waals surface area contributed by atoms with Crippen molar-refractivity contribution in [2.24, 2.45) is 0 Å². The van der Waals surface area contributed by atoms with Gasteiger partial charge in [0.2, 0.25) is 0 Å². The summed E-state index contributed by atoms with van der Waals surface area (Å²) < 4.78 is 5.90. The largest absolute Gasteiger partial charge is 0.490 e. The van der Waals surface area contributed by atoms with Crippen LogP contribution in [-0.2, 0) is 0 Å². The Morgan fingerprint density at radius 1 is 1.32 bits per heavy atom. The molecule has 1 unspecified atom stereocenters. The maximum atomic E-state index is 5.90. The van der Waals surface area contributed by atoms with Gasteiger partial charge in [-0.2, -0.15) is 0 Å². The van der Waals surface area contributed by atoms with E-state index in [0.717, 1.165) is 5.75 Å². The molecule has 1 aliphatic rings. The fraction of sp³-hybridized carbons (Fsp3) is 0.647. The highest BCUT2D eigenvalue weighted by molar-refractivity contribution is 5.31. The molecule has 0 bridgehead atoms. The number of hydrogen-bond donors (Lipinski definition) is 1. The van der Waals surface area contributed by atoms with Gasteiger partial charge in [-0.15, -0.1) is 0 Å². The summed E-state index contributed by atoms with van der Waals surface area (Å²) in [6.07, 6.45) is 6.61. The van der Waals surface area contributed by atoms with Crippen LogP contribution in [0.3, 0.4) is 0 Å². The summed E-state index contributed by atoms with van der Waals surface area (Å²) in [5, 5.41) is 3.67. The topological polar surface area (TPSA) is 21.3 Å². The summed E-state index contributed by atoms with van der Waals surface area (Å²) in [5.74, 6) is 1.03. The second-order valence-corrected chi connectivity index (χ2v) is 5.91. The molecule has 1 N–H and O–H groups in total. The molecule has 1 fully saturated rings. The molecular weight excluding hydrogens is 234 g/mol. The summed E-state index contributed by atoms with van der Waals surface area (Å²) in [5.41, 5.74) is 1.36. The van der Waals surface area contributed by atoms with E-state index in [9.17, 15) is 0 Å². The number of hydrogen-bond acceptors (Lipinski definition) is 2. The lowest BCUT2D eigenvalue weighted by Gasteiger charge is -2.22. The summed E-state index contributed by atoms with van der Waals surface area (Å²) in [7, 11) is 0. The van der Waals surface area contributed by atoms with Crippen LogP contribution in [0.25, 0.3) is 0 Å². The van der Waals surface area contributed by atoms with Crippen molar-refractivity contribution in [3.8, 4) is 5.75 Å². The quantitative estimate of drug-likeness (QED) is 0.746. The van der Waals surface area contributed by atoms with Gasteiger partial charge in [-0.05, 0) is 37.0 Å². The van der Waals surface area contributed by atoms with Gasteiger partial charge >= 0.3 is 0 Å². The molecule has 1 atom stereocenters. The van der Waals surface area contributed by atoms with Crippen molar-refractivity contribution in [2.45, 2.75) is 71.1 Å². The zero-order valence-corrected chi connectivity index (χ0v) is 12.5. The van der Waals surface area contributed by atoms with E-state index in [0.29, 0.717) is 18.2 Å². The van der Waals surface area contributed by atoms with Gasteiger partial charge in [0.1, 0.15) is 5.75 Å². The van der Waals surface area contributed by atoms with E-state index >= 15 is 0 Å². The fourth-order valence-electron chi connectivity index (χ4n) is 2.34. The monoisotopic (exact) mass is 261 g/mol. The zero-order valence-electron chi connectivity index (χ0n) is 12.5. The van der Waals surface area contributed by atoms with Crippen LogP contribution in [0.1, 0.15) is 64.5 Å². The van der Waals surface area contributed by atoms with Gasteiger partial charge in [-0.25, -0.2) is 0 Å². The third-order valence-electron chi connectivity index (χ3n) is 3.47. The highest BCUT2D eigenvalue weighted by atomic mass is 16.5. The van der Waals surface area contributed by atoms with Crippen LogP contribution < -0.4 is 10.1 Å². The van der Waals surface area contributed by atoms with E-state index < -0.39 is 0 Å². The number of nitrogens with one attached hydrogen (secondary N) is 1. The molecule has 0 aliphatic heterocycles. The van der Waals surface area contributed by atoms with Gasteiger partial charge in [0, 0.05) is 12.1 Å². The molecule has 1 aromatic carbocycles. The minimum absolute atomic E-state index is 0.447. The van der Waals surface area contributed by atoms with Gasteiger partial charge < -0.3 is 10.1 Å². The van der Waals surface area contributed by atoms with E-state index in [2.05, 4.69) is 50.4 Å². The Morgan fingerprint density at radius 2 is 2.11 bits per heavy atom. The summed E-state index contributed by atoms with van der Waals surface area (Å²) in [6.45, 7) is 6.67. The Bertz CT molecular complexity index is 385. The number of unbranched alkanes of at least 4 members (excludes halogenated alkanes) is 1. The Labute approximate surface area is 117 Å². The summed E-state index contributed by atoms with van der Waals surface area (Å²) in [4.78, 5) is 0. The normalized spacial score (nSPS) is 16.6. The third-order valence-corrected chi connectivity index (χ3v) is 3.47. The Hall–Kier alpha value is -1.02. The predicted molar refractivity (Wildman–Crippen MR) is 80.6 cm³/mol. The van der Waals surface area contributed by atoms with Crippen LogP contribution in [0.4, 0.5) is 0 Å². The minimum Gasteiger partial charge on any atom is -0.490 e. The van der Waals surface area contributed by atoms with Crippen LogP contribution in [0, 0.1) is 0 Å². The van der Waals surface area contributed by atoms with Crippen molar-refractivity contribution in [1.82, 2.24) is 5.32 Å². The van der Waals surface area contributed by atoms with E-state index in [1.807, 2.05) is 0 Å². The molecule has 0 aromatic heterocycles. The molecule has 1 aromatic rings. The van der Waals surface area contributed by atoms with Crippen LogP contribution in [0.15, 0.2) is 24.3 Å². The number of rotatable bonds is 8. The molecule has 1 aliphatic carbocycles. The first kappa shape index (κ1) is 14.4. The number of ether oxygens (including phenoxy) is 1. The van der Waals surface area contributed by atoms with Gasteiger partial charge in [-0.3, -0.25) is 0 Å². The Morgan fingerprint density at radius 3 is 2.74 bits per heavy atom. The van der Waals surface area contributed by atoms with E-state index in [4.69, 9.17) is 4.74 Å². The highest BCUT2D eigenvalue weighted by Gasteiger charge is 2.23. The maximum Gasteiger partial charge on any atom is 0.120 e. The molecule has 0 saturated heterocycles. The highest BCUT2D eigenvalue weighted by Crippen LogP contribution is 2.29. The zero-order chi connectivity index (χ0) is 13.7. The molecule has 0 spiro atoms. The molecule has 106 valence electrons. The molecule has 0 radical (unpaired) electrons. The first-order valence-corrected chi connectivity index (χ1v) is 7.71. The first-order chi connectivity index (χ1) is 9.19. The Balaban J connectivity index is 2.04. The summed E-state index contributed by atoms with van der Waals surface area (Å²) in [6, 6.07) is 9.59. The number of benzene rings is 1. The molecule has 2 rings (SSSR count). The van der Waals surface area contributed by atoms with Crippen molar-refractivity contribution in [3.63, 3.8) is 0 Å². The van der Waals surface area contributed by atoms with Gasteiger partial charge in [-0.1, -0.05) is 45.7 Å². The standard InChI is InChI=1S/C17H27NO/c1-4-5-9-17(18-13(2)3)14-7-6-8-16(12-14)19-15-10-11-15/h6-8,12-13,15,17-18H,4-5,9-11H2,1-3H3.